The van der Waals surface area contributed by atoms with E-state index in [4.69, 9.17) is 16.3 Å². The van der Waals surface area contributed by atoms with Gasteiger partial charge in [0.25, 0.3) is 5.91 Å². The first-order valence-corrected chi connectivity index (χ1v) is 6.70. The number of halogens is 1. The van der Waals surface area contributed by atoms with Crippen LogP contribution in [0.25, 0.3) is 0 Å². The molecule has 0 unspecified atom stereocenters. The summed E-state index contributed by atoms with van der Waals surface area (Å²) in [5.41, 5.74) is 1.73. The molecule has 0 radical (unpaired) electrons. The highest BCUT2D eigenvalue weighted by atomic mass is 35.5. The fraction of sp³-hybridized carbons (Fsp3) is 0.357. The highest BCUT2D eigenvalue weighted by Gasteiger charge is 2.26. The molecule has 1 aromatic carbocycles. The highest BCUT2D eigenvalue weighted by Crippen LogP contribution is 2.35. The molecule has 0 saturated carbocycles. The minimum absolute atomic E-state index is 0.172. The van der Waals surface area contributed by atoms with Gasteiger partial charge in [0.15, 0.2) is 11.5 Å². The minimum atomic E-state index is -0.172. The van der Waals surface area contributed by atoms with Crippen molar-refractivity contribution in [2.24, 2.45) is 0 Å². The molecule has 100 valence electrons. The van der Waals surface area contributed by atoms with Crippen molar-refractivity contribution in [3.63, 3.8) is 0 Å². The van der Waals surface area contributed by atoms with Gasteiger partial charge < -0.3 is 15.0 Å². The van der Waals surface area contributed by atoms with E-state index in [1.165, 1.54) is 0 Å². The van der Waals surface area contributed by atoms with Crippen molar-refractivity contribution in [1.82, 2.24) is 4.90 Å². The summed E-state index contributed by atoms with van der Waals surface area (Å²) < 4.78 is 5.76. The Morgan fingerprint density at radius 2 is 2.05 bits per heavy atom. The van der Waals surface area contributed by atoms with Crippen LogP contribution in [0, 0.1) is 0 Å². The molecule has 1 fully saturated rings. The van der Waals surface area contributed by atoms with Crippen LogP contribution in [0.5, 0.6) is 5.75 Å². The number of carbonyl (C=O) groups excluding carboxylic acids is 1. The van der Waals surface area contributed by atoms with Crippen LogP contribution in [0.15, 0.2) is 29.5 Å². The maximum Gasteiger partial charge on any atom is 0.291 e. The summed E-state index contributed by atoms with van der Waals surface area (Å²) in [7, 11) is 2.08. The van der Waals surface area contributed by atoms with E-state index >= 15 is 0 Å². The van der Waals surface area contributed by atoms with Gasteiger partial charge in [0.1, 0.15) is 0 Å². The third-order valence-corrected chi connectivity index (χ3v) is 3.75. The van der Waals surface area contributed by atoms with E-state index in [1.807, 2.05) is 0 Å². The Balaban J connectivity index is 1.91. The molecule has 1 saturated heterocycles. The second-order valence-electron chi connectivity index (χ2n) is 4.93. The van der Waals surface area contributed by atoms with Crippen molar-refractivity contribution in [3.05, 3.63) is 34.6 Å². The number of carbonyl (C=O) groups is 1. The Morgan fingerprint density at radius 1 is 1.32 bits per heavy atom. The van der Waals surface area contributed by atoms with Crippen molar-refractivity contribution in [3.8, 4) is 5.75 Å². The number of piperidine rings is 1. The number of amides is 1. The number of nitrogens with zero attached hydrogens (tertiary/aromatic N) is 1. The van der Waals surface area contributed by atoms with Gasteiger partial charge in [0, 0.05) is 18.1 Å². The van der Waals surface area contributed by atoms with Gasteiger partial charge in [0.05, 0.1) is 5.69 Å². The number of nitrogens with one attached hydrogen (secondary N) is 1. The number of fused-ring (bicyclic) bond motifs is 1. The lowest BCUT2D eigenvalue weighted by atomic mass is 10.0. The second kappa shape index (κ2) is 4.87. The van der Waals surface area contributed by atoms with Crippen molar-refractivity contribution >= 4 is 23.2 Å². The molecule has 0 bridgehead atoms. The average Bonchev–Trinajstić information content (AvgIpc) is 2.39. The molecule has 4 nitrogen and oxygen atoms in total. The number of ether oxygens (including phenoxy) is 1. The molecule has 1 N–H and O–H groups in total. The van der Waals surface area contributed by atoms with E-state index in [0.717, 1.165) is 31.5 Å². The SMILES string of the molecule is CN1CCC(=C2Oc3ccc(Cl)cc3NC2=O)CC1. The van der Waals surface area contributed by atoms with E-state index in [9.17, 15) is 4.79 Å². The normalized spacial score (nSPS) is 19.8. The molecule has 0 aromatic heterocycles. The summed E-state index contributed by atoms with van der Waals surface area (Å²) in [6, 6.07) is 5.24. The van der Waals surface area contributed by atoms with Gasteiger partial charge in [-0.3, -0.25) is 4.79 Å². The molecular weight excluding hydrogens is 264 g/mol. The molecule has 19 heavy (non-hydrogen) atoms. The molecule has 5 heteroatoms. The molecule has 1 aromatic rings. The van der Waals surface area contributed by atoms with Crippen molar-refractivity contribution in [1.29, 1.82) is 0 Å². The number of anilines is 1. The number of likely N-dealkylation sites (tertiary alicyclic amines) is 1. The topological polar surface area (TPSA) is 41.6 Å². The first kappa shape index (κ1) is 12.5. The third-order valence-electron chi connectivity index (χ3n) is 3.52. The summed E-state index contributed by atoms with van der Waals surface area (Å²) in [6.45, 7) is 1.92. The van der Waals surface area contributed by atoms with Gasteiger partial charge >= 0.3 is 0 Å². The number of hydrogen-bond acceptors (Lipinski definition) is 3. The molecule has 2 aliphatic rings. The predicted octanol–water partition coefficient (Wildman–Crippen LogP) is 2.65. The van der Waals surface area contributed by atoms with Gasteiger partial charge in [-0.2, -0.15) is 0 Å². The fourth-order valence-corrected chi connectivity index (χ4v) is 2.54. The average molecular weight is 279 g/mol. The van der Waals surface area contributed by atoms with Gasteiger partial charge in [-0.1, -0.05) is 11.6 Å². The zero-order valence-corrected chi connectivity index (χ0v) is 11.5. The highest BCUT2D eigenvalue weighted by molar-refractivity contribution is 6.31. The van der Waals surface area contributed by atoms with Crippen molar-refractivity contribution in [2.45, 2.75) is 12.8 Å². The van der Waals surface area contributed by atoms with Crippen LogP contribution < -0.4 is 10.1 Å². The van der Waals surface area contributed by atoms with Crippen LogP contribution in [0.1, 0.15) is 12.8 Å². The zero-order chi connectivity index (χ0) is 13.4. The van der Waals surface area contributed by atoms with E-state index in [-0.39, 0.29) is 5.91 Å². The molecular formula is C14H15ClN2O2. The van der Waals surface area contributed by atoms with Gasteiger partial charge in [-0.15, -0.1) is 0 Å². The molecule has 1 amide bonds. The zero-order valence-electron chi connectivity index (χ0n) is 10.7. The maximum absolute atomic E-state index is 12.1. The van der Waals surface area contributed by atoms with Crippen molar-refractivity contribution in [2.75, 3.05) is 25.5 Å². The summed E-state index contributed by atoms with van der Waals surface area (Å²) in [5.74, 6) is 0.947. The largest absolute Gasteiger partial charge is 0.449 e. The Labute approximate surface area is 117 Å². The number of benzene rings is 1. The Kier molecular flexibility index (Phi) is 3.21. The van der Waals surface area contributed by atoms with Gasteiger partial charge in [0.2, 0.25) is 0 Å². The molecule has 2 aliphatic heterocycles. The van der Waals surface area contributed by atoms with E-state index in [1.54, 1.807) is 18.2 Å². The Morgan fingerprint density at radius 3 is 2.79 bits per heavy atom. The molecule has 0 aliphatic carbocycles. The first-order chi connectivity index (χ1) is 9.13. The van der Waals surface area contributed by atoms with Crippen LogP contribution in [-0.2, 0) is 4.79 Å². The van der Waals surface area contributed by atoms with Crippen molar-refractivity contribution < 1.29 is 9.53 Å². The first-order valence-electron chi connectivity index (χ1n) is 6.33. The van der Waals surface area contributed by atoms with Gasteiger partial charge in [-0.25, -0.2) is 0 Å². The summed E-state index contributed by atoms with van der Waals surface area (Å²) in [5, 5.41) is 3.42. The molecule has 0 atom stereocenters. The summed E-state index contributed by atoms with van der Waals surface area (Å²) in [4.78, 5) is 14.3. The predicted molar refractivity (Wildman–Crippen MR) is 74.5 cm³/mol. The fourth-order valence-electron chi connectivity index (χ4n) is 2.37. The minimum Gasteiger partial charge on any atom is -0.449 e. The van der Waals surface area contributed by atoms with E-state index in [0.29, 0.717) is 22.2 Å². The number of hydrogen-bond donors (Lipinski definition) is 1. The number of rotatable bonds is 0. The lowest BCUT2D eigenvalue weighted by Crippen LogP contribution is -2.31. The molecule has 2 heterocycles. The Hall–Kier alpha value is -1.52. The second-order valence-corrected chi connectivity index (χ2v) is 5.37. The van der Waals surface area contributed by atoms with Gasteiger partial charge in [-0.05, 0) is 43.7 Å². The Bertz CT molecular complexity index is 559. The third kappa shape index (κ3) is 2.46. The van der Waals surface area contributed by atoms with Crippen LogP contribution in [0.3, 0.4) is 0 Å². The van der Waals surface area contributed by atoms with E-state index in [2.05, 4.69) is 17.3 Å². The summed E-state index contributed by atoms with van der Waals surface area (Å²) in [6.07, 6.45) is 1.75. The quantitative estimate of drug-likeness (QED) is 0.742. The molecule has 3 rings (SSSR count). The molecule has 0 spiro atoms. The van der Waals surface area contributed by atoms with Crippen LogP contribution in [0.4, 0.5) is 5.69 Å². The standard InChI is InChI=1S/C14H15ClN2O2/c1-17-6-4-9(5-7-17)13-14(18)16-11-8-10(15)2-3-12(11)19-13/h2-3,8H,4-7H2,1H3,(H,16,18). The lowest BCUT2D eigenvalue weighted by Gasteiger charge is -2.28. The maximum atomic E-state index is 12.1. The lowest BCUT2D eigenvalue weighted by molar-refractivity contribution is -0.115. The monoisotopic (exact) mass is 278 g/mol. The van der Waals surface area contributed by atoms with Crippen LogP contribution in [0.2, 0.25) is 5.02 Å². The van der Waals surface area contributed by atoms with Crippen LogP contribution in [-0.4, -0.2) is 30.9 Å². The summed E-state index contributed by atoms with van der Waals surface area (Å²) >= 11 is 5.90. The smallest absolute Gasteiger partial charge is 0.291 e. The van der Waals surface area contributed by atoms with Crippen LogP contribution >= 0.6 is 11.6 Å². The van der Waals surface area contributed by atoms with E-state index < -0.39 is 0 Å².